The summed E-state index contributed by atoms with van der Waals surface area (Å²) in [5.74, 6) is -1.09. The third-order valence-corrected chi connectivity index (χ3v) is 8.90. The predicted molar refractivity (Wildman–Crippen MR) is 163 cm³/mol. The number of anilines is 1. The van der Waals surface area contributed by atoms with Crippen molar-refractivity contribution in [3.8, 4) is 0 Å². The van der Waals surface area contributed by atoms with Gasteiger partial charge in [0.05, 0.1) is 35.3 Å². The summed E-state index contributed by atoms with van der Waals surface area (Å²) < 4.78 is 22.9. The topological polar surface area (TPSA) is 70.1 Å². The number of hydrogen-bond acceptors (Lipinski definition) is 6. The molecule has 216 valence electrons. The van der Waals surface area contributed by atoms with Crippen LogP contribution in [0.3, 0.4) is 0 Å². The second-order valence-corrected chi connectivity index (χ2v) is 12.7. The summed E-state index contributed by atoms with van der Waals surface area (Å²) in [4.78, 5) is 24.8. The largest absolute Gasteiger partial charge is 0.481 e. The molecule has 2 heterocycles. The molecule has 40 heavy (non-hydrogen) atoms. The highest BCUT2D eigenvalue weighted by Gasteiger charge is 2.37. The normalized spacial score (nSPS) is 17.2. The number of halogens is 3. The number of hydrogen-bond donors (Lipinski definition) is 1. The average molecular weight is 628 g/mol. The molecule has 1 aliphatic carbocycles. The van der Waals surface area contributed by atoms with E-state index in [0.29, 0.717) is 28.4 Å². The molecule has 2 aromatic carbocycles. The van der Waals surface area contributed by atoms with Gasteiger partial charge in [0, 0.05) is 22.1 Å². The highest BCUT2D eigenvalue weighted by atomic mass is 35.5. The number of amides is 1. The number of carboxylic acids is 1. The lowest BCUT2D eigenvalue weighted by Gasteiger charge is -2.42. The Labute approximate surface area is 253 Å². The lowest BCUT2D eigenvalue weighted by Crippen LogP contribution is -2.52. The number of nitrogens with zero attached hydrogens (tertiary/aromatic N) is 2. The highest BCUT2D eigenvalue weighted by Crippen LogP contribution is 2.41. The number of ether oxygens (including phenoxy) is 1. The molecule has 2 atom stereocenters. The van der Waals surface area contributed by atoms with E-state index < -0.39 is 5.97 Å². The third-order valence-electron chi connectivity index (χ3n) is 5.94. The number of rotatable bonds is 8. The van der Waals surface area contributed by atoms with Crippen LogP contribution in [0, 0.1) is 5.82 Å². The Bertz CT molecular complexity index is 1230. The minimum atomic E-state index is -0.833. The number of morpholine rings is 1. The van der Waals surface area contributed by atoms with Crippen LogP contribution in [-0.2, 0) is 14.3 Å². The van der Waals surface area contributed by atoms with Gasteiger partial charge in [0.15, 0.2) is 0 Å². The first-order valence-electron chi connectivity index (χ1n) is 12.9. The van der Waals surface area contributed by atoms with Crippen molar-refractivity contribution in [3.05, 3.63) is 86.8 Å². The Kier molecular flexibility index (Phi) is 13.1. The van der Waals surface area contributed by atoms with Gasteiger partial charge in [0.2, 0.25) is 5.91 Å². The molecule has 2 fully saturated rings. The monoisotopic (exact) mass is 626 g/mol. The van der Waals surface area contributed by atoms with Crippen molar-refractivity contribution in [1.82, 2.24) is 4.90 Å². The maximum atomic E-state index is 14.6. The predicted octanol–water partition coefficient (Wildman–Crippen LogP) is 7.97. The van der Waals surface area contributed by atoms with Crippen LogP contribution in [0.4, 0.5) is 10.1 Å². The quantitative estimate of drug-likeness (QED) is 0.256. The standard InChI is InChI=1S/C21H24ClFN2O2S2.C6H5Cl.C2H4O2/c1-2-14(11-24(29-15-7-8-15)17-6-4-3-5-16(17)23)25-18(12-27-13-21(25)26)19-9-10-20(22)28-19;7-6-4-2-1-3-5-6;1-2(3)4/h3-6,9-10,14-15,18H,2,7-8,11-13H2,1H3;1-5H;1H3,(H,3,4)/t14-,18-;;/m0../s1. The molecule has 1 amide bonds. The van der Waals surface area contributed by atoms with Gasteiger partial charge in [-0.3, -0.25) is 9.59 Å². The first-order chi connectivity index (χ1) is 19.2. The Hall–Kier alpha value is -2.30. The smallest absolute Gasteiger partial charge is 0.300 e. The van der Waals surface area contributed by atoms with Gasteiger partial charge in [-0.15, -0.1) is 11.3 Å². The molecule has 1 aromatic heterocycles. The zero-order chi connectivity index (χ0) is 29.1. The molecule has 0 radical (unpaired) electrons. The average Bonchev–Trinajstić information content (AvgIpc) is 3.64. The molecule has 1 saturated carbocycles. The van der Waals surface area contributed by atoms with E-state index in [0.717, 1.165) is 36.1 Å². The summed E-state index contributed by atoms with van der Waals surface area (Å²) in [7, 11) is 0. The second kappa shape index (κ2) is 16.2. The molecule has 2 aliphatic rings. The molecule has 0 spiro atoms. The van der Waals surface area contributed by atoms with Crippen LogP contribution in [0.2, 0.25) is 9.36 Å². The zero-order valence-corrected chi connectivity index (χ0v) is 25.5. The van der Waals surface area contributed by atoms with E-state index in [1.54, 1.807) is 18.0 Å². The Morgan fingerprint density at radius 1 is 1.15 bits per heavy atom. The maximum Gasteiger partial charge on any atom is 0.300 e. The van der Waals surface area contributed by atoms with Gasteiger partial charge >= 0.3 is 0 Å². The molecule has 0 bridgehead atoms. The van der Waals surface area contributed by atoms with Crippen LogP contribution < -0.4 is 4.31 Å². The summed E-state index contributed by atoms with van der Waals surface area (Å²) in [6.45, 7) is 4.27. The number of benzene rings is 2. The molecule has 3 aromatic rings. The van der Waals surface area contributed by atoms with Crippen molar-refractivity contribution in [2.45, 2.75) is 50.4 Å². The number of aliphatic carboxylic acids is 1. The Morgan fingerprint density at radius 2 is 1.80 bits per heavy atom. The first-order valence-corrected chi connectivity index (χ1v) is 15.3. The van der Waals surface area contributed by atoms with Gasteiger partial charge in [-0.2, -0.15) is 0 Å². The van der Waals surface area contributed by atoms with Crippen LogP contribution >= 0.6 is 46.5 Å². The van der Waals surface area contributed by atoms with E-state index in [9.17, 15) is 9.18 Å². The van der Waals surface area contributed by atoms with Gasteiger partial charge in [0.1, 0.15) is 12.4 Å². The minimum Gasteiger partial charge on any atom is -0.481 e. The molecule has 1 saturated heterocycles. The SMILES string of the molecule is CC(=O)O.CC[C@@H](CN(SC1CC1)c1ccccc1F)N1C(=O)COC[C@H]1c1ccc(Cl)s1.Clc1ccccc1. The molecule has 0 unspecified atom stereocenters. The van der Waals surface area contributed by atoms with Gasteiger partial charge < -0.3 is 19.0 Å². The second-order valence-electron chi connectivity index (χ2n) is 9.17. The number of carbonyl (C=O) groups excluding carboxylic acids is 1. The van der Waals surface area contributed by atoms with Crippen LogP contribution in [0.15, 0.2) is 66.7 Å². The van der Waals surface area contributed by atoms with E-state index in [1.807, 2.05) is 63.8 Å². The van der Waals surface area contributed by atoms with E-state index in [1.165, 1.54) is 17.4 Å². The van der Waals surface area contributed by atoms with Crippen LogP contribution in [0.5, 0.6) is 0 Å². The minimum absolute atomic E-state index is 0.0254. The molecule has 1 aliphatic heterocycles. The molecule has 6 nitrogen and oxygen atoms in total. The van der Waals surface area contributed by atoms with Crippen LogP contribution in [0.1, 0.15) is 44.0 Å². The van der Waals surface area contributed by atoms with Crippen molar-refractivity contribution in [2.24, 2.45) is 0 Å². The lowest BCUT2D eigenvalue weighted by molar-refractivity contribution is -0.152. The van der Waals surface area contributed by atoms with Crippen LogP contribution in [-0.4, -0.2) is 52.9 Å². The molecule has 11 heteroatoms. The van der Waals surface area contributed by atoms with Crippen LogP contribution in [0.25, 0.3) is 0 Å². The van der Waals surface area contributed by atoms with Crippen molar-refractivity contribution in [3.63, 3.8) is 0 Å². The summed E-state index contributed by atoms with van der Waals surface area (Å²) >= 11 is 14.9. The van der Waals surface area contributed by atoms with Crippen molar-refractivity contribution in [1.29, 1.82) is 0 Å². The summed E-state index contributed by atoms with van der Waals surface area (Å²) in [6.07, 6.45) is 3.08. The fraction of sp³-hybridized carbons (Fsp3) is 0.379. The Morgan fingerprint density at radius 3 is 2.33 bits per heavy atom. The number of carboxylic acid groups (broad SMARTS) is 1. The van der Waals surface area contributed by atoms with Gasteiger partial charge in [-0.1, -0.05) is 60.5 Å². The zero-order valence-electron chi connectivity index (χ0n) is 22.3. The Balaban J connectivity index is 0.000000336. The first kappa shape index (κ1) is 32.2. The van der Waals surface area contributed by atoms with Gasteiger partial charge in [-0.25, -0.2) is 4.39 Å². The van der Waals surface area contributed by atoms with Gasteiger partial charge in [0.25, 0.3) is 5.97 Å². The van der Waals surface area contributed by atoms with Crippen molar-refractivity contribution in [2.75, 3.05) is 24.1 Å². The van der Waals surface area contributed by atoms with E-state index >= 15 is 0 Å². The maximum absolute atomic E-state index is 14.6. The molecule has 1 N–H and O–H groups in total. The summed E-state index contributed by atoms with van der Waals surface area (Å²) in [6, 6.07) is 19.9. The fourth-order valence-electron chi connectivity index (χ4n) is 4.00. The summed E-state index contributed by atoms with van der Waals surface area (Å²) in [5, 5.41) is 8.74. The summed E-state index contributed by atoms with van der Waals surface area (Å²) in [5.41, 5.74) is 0.583. The number of thiophene rings is 1. The molecule has 5 rings (SSSR count). The molecular formula is C29H33Cl2FN2O4S2. The molecular weight excluding hydrogens is 594 g/mol. The third kappa shape index (κ3) is 10.3. The van der Waals surface area contributed by atoms with E-state index in [-0.39, 0.29) is 30.4 Å². The van der Waals surface area contributed by atoms with Crippen molar-refractivity contribution >= 4 is 64.1 Å². The number of para-hydroxylation sites is 1. The van der Waals surface area contributed by atoms with E-state index in [4.69, 9.17) is 37.8 Å². The van der Waals surface area contributed by atoms with Gasteiger partial charge in [-0.05, 0) is 67.6 Å². The lowest BCUT2D eigenvalue weighted by atomic mass is 10.1. The number of carbonyl (C=O) groups is 2. The fourth-order valence-corrected chi connectivity index (χ4v) is 6.51. The van der Waals surface area contributed by atoms with Crippen molar-refractivity contribution < 1.29 is 23.8 Å². The van der Waals surface area contributed by atoms with E-state index in [2.05, 4.69) is 6.92 Å². The highest BCUT2D eigenvalue weighted by molar-refractivity contribution is 8.01.